The van der Waals surface area contributed by atoms with Gasteiger partial charge in [0, 0.05) is 37.6 Å². The number of rotatable bonds is 30. The zero-order chi connectivity index (χ0) is 41.8. The maximum absolute atomic E-state index is 2.70. The van der Waals surface area contributed by atoms with Gasteiger partial charge in [0.25, 0.3) is 0 Å². The summed E-state index contributed by atoms with van der Waals surface area (Å²) in [5.74, 6) is 0. The molecule has 0 aliphatic carbocycles. The molecular weight excluding hydrogens is 725 g/mol. The molecule has 0 aliphatic heterocycles. The van der Waals surface area contributed by atoms with Crippen LogP contribution < -0.4 is 9.80 Å². The molecule has 0 N–H and O–H groups in total. The zero-order valence-corrected chi connectivity index (χ0v) is 38.8. The van der Waals surface area contributed by atoms with E-state index in [1.54, 1.807) is 0 Å². The topological polar surface area (TPSA) is 6.48 Å². The van der Waals surface area contributed by atoms with Crippen LogP contribution in [0.1, 0.15) is 182 Å². The standard InChI is InChI=1S/C58H82N2/c1-5-9-13-17-21-25-37-59(38-26-22-18-14-10-6-2)53-33-29-47-45-57-49(41-51(47)43-53)31-35-56-55(57)36-32-50-42-52-44-54(34-30-48(52)46-58(50)56)60(39-27-23-19-15-11-7-3)40-28-24-20-16-12-8-4/h29-36,41-46H,5-28,37-40H2,1-4H3. The third kappa shape index (κ3) is 13.1. The first-order chi connectivity index (χ1) is 29.6. The number of anilines is 2. The predicted octanol–water partition coefficient (Wildman–Crippen LogP) is 18.5. The van der Waals surface area contributed by atoms with Gasteiger partial charge in [-0.3, -0.25) is 0 Å². The van der Waals surface area contributed by atoms with Crippen LogP contribution in [0.2, 0.25) is 0 Å². The SMILES string of the molecule is CCCCCCCCN(CCCCCCCC)c1ccc2cc3c(ccc4c5cc6ccc(N(CCCCCCCC)CCCCCCCC)cc6cc5ccc34)cc2c1. The number of unbranched alkanes of at least 4 members (excludes halogenated alkanes) is 20. The van der Waals surface area contributed by atoms with Crippen LogP contribution in [0.3, 0.4) is 0 Å². The van der Waals surface area contributed by atoms with Gasteiger partial charge in [0.2, 0.25) is 0 Å². The fourth-order valence-electron chi connectivity index (χ4n) is 9.81. The second kappa shape index (κ2) is 25.2. The van der Waals surface area contributed by atoms with Crippen molar-refractivity contribution in [3.63, 3.8) is 0 Å². The Morgan fingerprint density at radius 3 is 0.883 bits per heavy atom. The van der Waals surface area contributed by atoms with Crippen molar-refractivity contribution in [3.8, 4) is 0 Å². The van der Waals surface area contributed by atoms with E-state index in [0.29, 0.717) is 0 Å². The maximum Gasteiger partial charge on any atom is 0.0372 e. The molecule has 0 fully saturated rings. The molecule has 60 heavy (non-hydrogen) atoms. The first-order valence-electron chi connectivity index (χ1n) is 25.4. The molecule has 6 rings (SSSR count). The molecule has 0 aliphatic rings. The number of hydrogen-bond acceptors (Lipinski definition) is 2. The maximum atomic E-state index is 2.70. The normalized spacial score (nSPS) is 11.9. The Bertz CT molecular complexity index is 1980. The highest BCUT2D eigenvalue weighted by atomic mass is 15.1. The van der Waals surface area contributed by atoms with E-state index in [1.165, 1.54) is 246 Å². The highest BCUT2D eigenvalue weighted by molar-refractivity contribution is 6.21. The third-order valence-corrected chi connectivity index (χ3v) is 13.6. The number of hydrogen-bond donors (Lipinski definition) is 0. The van der Waals surface area contributed by atoms with E-state index in [4.69, 9.17) is 0 Å². The highest BCUT2D eigenvalue weighted by Gasteiger charge is 2.13. The Balaban J connectivity index is 1.22. The molecule has 6 aromatic carbocycles. The van der Waals surface area contributed by atoms with Crippen molar-refractivity contribution in [3.05, 3.63) is 84.9 Å². The lowest BCUT2D eigenvalue weighted by atomic mass is 9.93. The molecule has 324 valence electrons. The Morgan fingerprint density at radius 1 is 0.250 bits per heavy atom. The average molecular weight is 807 g/mol. The van der Waals surface area contributed by atoms with Gasteiger partial charge in [0.15, 0.2) is 0 Å². The molecule has 0 saturated carbocycles. The molecule has 0 aromatic heterocycles. The summed E-state index contributed by atoms with van der Waals surface area (Å²) in [5.41, 5.74) is 2.80. The van der Waals surface area contributed by atoms with Gasteiger partial charge in [-0.05, 0) is 128 Å². The molecule has 0 spiro atoms. The van der Waals surface area contributed by atoms with E-state index >= 15 is 0 Å². The zero-order valence-electron chi connectivity index (χ0n) is 38.8. The number of benzene rings is 6. The van der Waals surface area contributed by atoms with Crippen molar-refractivity contribution in [1.29, 1.82) is 0 Å². The molecule has 0 atom stereocenters. The van der Waals surface area contributed by atoms with Gasteiger partial charge in [0.05, 0.1) is 0 Å². The fourth-order valence-corrected chi connectivity index (χ4v) is 9.81. The van der Waals surface area contributed by atoms with Gasteiger partial charge >= 0.3 is 0 Å². The van der Waals surface area contributed by atoms with E-state index < -0.39 is 0 Å². The van der Waals surface area contributed by atoms with Crippen LogP contribution in [0.25, 0.3) is 53.9 Å². The van der Waals surface area contributed by atoms with Gasteiger partial charge in [-0.15, -0.1) is 0 Å². The summed E-state index contributed by atoms with van der Waals surface area (Å²) in [7, 11) is 0. The van der Waals surface area contributed by atoms with E-state index in [-0.39, 0.29) is 0 Å². The molecule has 6 aromatic rings. The second-order valence-electron chi connectivity index (χ2n) is 18.5. The minimum atomic E-state index is 1.17. The van der Waals surface area contributed by atoms with Crippen LogP contribution in [0, 0.1) is 0 Å². The first kappa shape index (κ1) is 45.7. The Kier molecular flexibility index (Phi) is 19.2. The fraction of sp³-hybridized carbons (Fsp3) is 0.552. The van der Waals surface area contributed by atoms with Gasteiger partial charge in [-0.25, -0.2) is 0 Å². The summed E-state index contributed by atoms with van der Waals surface area (Å²) in [6.45, 7) is 13.9. The van der Waals surface area contributed by atoms with Crippen molar-refractivity contribution in [2.24, 2.45) is 0 Å². The van der Waals surface area contributed by atoms with Crippen LogP contribution in [-0.2, 0) is 0 Å². The molecule has 0 amide bonds. The molecular formula is C58H82N2. The monoisotopic (exact) mass is 807 g/mol. The Labute approximate surface area is 366 Å². The number of fused-ring (bicyclic) bond motifs is 7. The van der Waals surface area contributed by atoms with Gasteiger partial charge < -0.3 is 9.80 Å². The van der Waals surface area contributed by atoms with Gasteiger partial charge in [-0.1, -0.05) is 193 Å². The lowest BCUT2D eigenvalue weighted by molar-refractivity contribution is 0.575. The lowest BCUT2D eigenvalue weighted by Gasteiger charge is -2.26. The summed E-state index contributed by atoms with van der Waals surface area (Å²) in [6.07, 6.45) is 32.4. The van der Waals surface area contributed by atoms with Crippen molar-refractivity contribution >= 4 is 65.2 Å². The summed E-state index contributed by atoms with van der Waals surface area (Å²) in [6, 6.07) is 33.9. The molecule has 0 radical (unpaired) electrons. The minimum absolute atomic E-state index is 1.17. The van der Waals surface area contributed by atoms with Crippen LogP contribution in [0.5, 0.6) is 0 Å². The van der Waals surface area contributed by atoms with E-state index in [1.807, 2.05) is 0 Å². The molecule has 0 heterocycles. The van der Waals surface area contributed by atoms with Crippen molar-refractivity contribution in [1.82, 2.24) is 0 Å². The summed E-state index contributed by atoms with van der Waals surface area (Å²) >= 11 is 0. The summed E-state index contributed by atoms with van der Waals surface area (Å²) in [4.78, 5) is 5.40. The quantitative estimate of drug-likeness (QED) is 0.0254. The lowest BCUT2D eigenvalue weighted by Crippen LogP contribution is -2.25. The Hall–Kier alpha value is -3.78. The highest BCUT2D eigenvalue weighted by Crippen LogP contribution is 2.37. The van der Waals surface area contributed by atoms with Crippen LogP contribution in [0.15, 0.2) is 84.9 Å². The smallest absolute Gasteiger partial charge is 0.0372 e. The van der Waals surface area contributed by atoms with Crippen LogP contribution >= 0.6 is 0 Å². The summed E-state index contributed by atoms with van der Waals surface area (Å²) < 4.78 is 0. The van der Waals surface area contributed by atoms with E-state index in [9.17, 15) is 0 Å². The van der Waals surface area contributed by atoms with Crippen molar-refractivity contribution in [2.75, 3.05) is 36.0 Å². The molecule has 0 saturated heterocycles. The van der Waals surface area contributed by atoms with Gasteiger partial charge in [-0.2, -0.15) is 0 Å². The van der Waals surface area contributed by atoms with Crippen molar-refractivity contribution in [2.45, 2.75) is 182 Å². The molecule has 0 unspecified atom stereocenters. The minimum Gasteiger partial charge on any atom is -0.372 e. The third-order valence-electron chi connectivity index (χ3n) is 13.6. The van der Waals surface area contributed by atoms with E-state index in [0.717, 1.165) is 0 Å². The largest absolute Gasteiger partial charge is 0.372 e. The molecule has 0 bridgehead atoms. The van der Waals surface area contributed by atoms with Crippen LogP contribution in [0.4, 0.5) is 11.4 Å². The molecule has 2 nitrogen and oxygen atoms in total. The predicted molar refractivity (Wildman–Crippen MR) is 272 cm³/mol. The number of nitrogens with zero attached hydrogens (tertiary/aromatic N) is 2. The summed E-state index contributed by atoms with van der Waals surface area (Å²) in [5, 5.41) is 13.5. The average Bonchev–Trinajstić information content (AvgIpc) is 3.27. The van der Waals surface area contributed by atoms with E-state index in [2.05, 4.69) is 122 Å². The Morgan fingerprint density at radius 2 is 0.550 bits per heavy atom. The van der Waals surface area contributed by atoms with Gasteiger partial charge in [0.1, 0.15) is 0 Å². The van der Waals surface area contributed by atoms with Crippen molar-refractivity contribution < 1.29 is 0 Å². The van der Waals surface area contributed by atoms with Crippen LogP contribution in [-0.4, -0.2) is 26.2 Å². The molecule has 2 heteroatoms. The second-order valence-corrected chi connectivity index (χ2v) is 18.5. The first-order valence-corrected chi connectivity index (χ1v) is 25.4.